The Morgan fingerprint density at radius 1 is 1.17 bits per heavy atom. The van der Waals surface area contributed by atoms with E-state index in [0.29, 0.717) is 0 Å². The van der Waals surface area contributed by atoms with Gasteiger partial charge in [-0.25, -0.2) is 0 Å². The van der Waals surface area contributed by atoms with Crippen LogP contribution >= 0.6 is 0 Å². The highest BCUT2D eigenvalue weighted by atomic mass is 32.2. The Morgan fingerprint density at radius 3 is 2.28 bits per heavy atom. The summed E-state index contributed by atoms with van der Waals surface area (Å²) in [5.74, 6) is 0.788. The highest BCUT2D eigenvalue weighted by Crippen LogP contribution is 2.22. The van der Waals surface area contributed by atoms with Crippen molar-refractivity contribution < 1.29 is 4.21 Å². The van der Waals surface area contributed by atoms with Crippen molar-refractivity contribution in [2.24, 2.45) is 0 Å². The number of hydrogen-bond donors (Lipinski definition) is 1. The first kappa shape index (κ1) is 15.4. The predicted octanol–water partition coefficient (Wildman–Crippen LogP) is 2.84. The second-order valence-corrected chi connectivity index (χ2v) is 7.31. The Bertz CT molecular complexity index is 378. The highest BCUT2D eigenvalue weighted by Gasteiger charge is 2.12. The number of nitrogens with one attached hydrogen (secondary N) is 1. The van der Waals surface area contributed by atoms with E-state index in [-0.39, 0.29) is 5.41 Å². The Kier molecular flexibility index (Phi) is 6.03. The molecule has 1 unspecified atom stereocenters. The fraction of sp³-hybridized carbons (Fsp3) is 0.600. The molecule has 0 aliphatic carbocycles. The molecule has 0 spiro atoms. The van der Waals surface area contributed by atoms with Gasteiger partial charge in [0.2, 0.25) is 0 Å². The number of hydrogen-bond acceptors (Lipinski definition) is 2. The molecule has 1 rings (SSSR count). The third-order valence-corrected chi connectivity index (χ3v) is 3.80. The summed E-state index contributed by atoms with van der Waals surface area (Å²) >= 11 is 0. The molecule has 1 aromatic carbocycles. The van der Waals surface area contributed by atoms with Crippen LogP contribution in [0.1, 0.15) is 38.3 Å². The van der Waals surface area contributed by atoms with Crippen molar-refractivity contribution in [3.05, 3.63) is 35.4 Å². The van der Waals surface area contributed by atoms with E-state index in [4.69, 9.17) is 0 Å². The van der Waals surface area contributed by atoms with E-state index in [2.05, 4.69) is 50.4 Å². The zero-order chi connectivity index (χ0) is 13.6. The van der Waals surface area contributed by atoms with Crippen molar-refractivity contribution in [2.45, 2.75) is 39.2 Å². The van der Waals surface area contributed by atoms with Gasteiger partial charge in [0, 0.05) is 29.4 Å². The lowest BCUT2D eigenvalue weighted by Gasteiger charge is -2.19. The lowest BCUT2D eigenvalue weighted by atomic mass is 9.87. The average Bonchev–Trinajstić information content (AvgIpc) is 2.27. The van der Waals surface area contributed by atoms with E-state index < -0.39 is 10.8 Å². The molecule has 1 N–H and O–H groups in total. The Balaban J connectivity index is 2.33. The average molecular weight is 267 g/mol. The van der Waals surface area contributed by atoms with Crippen LogP contribution < -0.4 is 5.32 Å². The van der Waals surface area contributed by atoms with E-state index in [9.17, 15) is 4.21 Å². The van der Waals surface area contributed by atoms with Crippen molar-refractivity contribution in [1.29, 1.82) is 0 Å². The summed E-state index contributed by atoms with van der Waals surface area (Å²) in [6.07, 6.45) is 2.73. The number of benzene rings is 1. The molecule has 1 atom stereocenters. The zero-order valence-electron chi connectivity index (χ0n) is 12.0. The van der Waals surface area contributed by atoms with E-state index in [1.165, 1.54) is 11.1 Å². The summed E-state index contributed by atoms with van der Waals surface area (Å²) in [6.45, 7) is 8.50. The Labute approximate surface area is 114 Å². The molecule has 3 heteroatoms. The van der Waals surface area contributed by atoms with Crippen LogP contribution in [0.2, 0.25) is 0 Å². The first-order valence-corrected chi connectivity index (χ1v) is 8.22. The standard InChI is InChI=1S/C15H25NOS/c1-15(2,3)14-8-6-13(7-9-14)12-16-10-5-11-18(4)17/h6-9,16H,5,10-12H2,1-4H3. The van der Waals surface area contributed by atoms with Crippen LogP contribution in [0.15, 0.2) is 24.3 Å². The van der Waals surface area contributed by atoms with Gasteiger partial charge in [0.15, 0.2) is 0 Å². The van der Waals surface area contributed by atoms with Crippen molar-refractivity contribution in [2.75, 3.05) is 18.6 Å². The normalized spacial score (nSPS) is 13.6. The molecule has 18 heavy (non-hydrogen) atoms. The lowest BCUT2D eigenvalue weighted by molar-refractivity contribution is 0.589. The molecule has 1 aromatic rings. The van der Waals surface area contributed by atoms with Gasteiger partial charge < -0.3 is 5.32 Å². The maximum absolute atomic E-state index is 10.9. The molecule has 0 aromatic heterocycles. The van der Waals surface area contributed by atoms with Crippen LogP contribution in [0.5, 0.6) is 0 Å². The van der Waals surface area contributed by atoms with Gasteiger partial charge in [-0.3, -0.25) is 4.21 Å². The van der Waals surface area contributed by atoms with E-state index in [1.54, 1.807) is 6.26 Å². The van der Waals surface area contributed by atoms with Gasteiger partial charge in [-0.05, 0) is 29.5 Å². The molecule has 102 valence electrons. The van der Waals surface area contributed by atoms with Crippen LogP contribution in [-0.2, 0) is 22.8 Å². The van der Waals surface area contributed by atoms with Crippen molar-refractivity contribution >= 4 is 10.8 Å². The molecule has 0 saturated heterocycles. The van der Waals surface area contributed by atoms with E-state index >= 15 is 0 Å². The largest absolute Gasteiger partial charge is 0.313 e. The van der Waals surface area contributed by atoms with Crippen LogP contribution in [0.3, 0.4) is 0 Å². The summed E-state index contributed by atoms with van der Waals surface area (Å²) in [5, 5.41) is 3.38. The molecule has 0 aliphatic rings. The summed E-state index contributed by atoms with van der Waals surface area (Å²) in [5.41, 5.74) is 2.89. The van der Waals surface area contributed by atoms with Gasteiger partial charge in [0.05, 0.1) is 0 Å². The summed E-state index contributed by atoms with van der Waals surface area (Å²) in [6, 6.07) is 8.79. The van der Waals surface area contributed by atoms with Crippen LogP contribution in [-0.4, -0.2) is 22.8 Å². The van der Waals surface area contributed by atoms with Gasteiger partial charge in [-0.15, -0.1) is 0 Å². The van der Waals surface area contributed by atoms with Crippen LogP contribution in [0.25, 0.3) is 0 Å². The zero-order valence-corrected chi connectivity index (χ0v) is 12.8. The SMILES string of the molecule is CS(=O)CCCNCc1ccc(C(C)(C)C)cc1. The molecule has 0 radical (unpaired) electrons. The quantitative estimate of drug-likeness (QED) is 0.803. The van der Waals surface area contributed by atoms with Gasteiger partial charge >= 0.3 is 0 Å². The molecular weight excluding hydrogens is 242 g/mol. The first-order chi connectivity index (χ1) is 8.39. The maximum atomic E-state index is 10.9. The molecule has 0 saturated carbocycles. The Hall–Kier alpha value is -0.670. The predicted molar refractivity (Wildman–Crippen MR) is 80.4 cm³/mol. The lowest BCUT2D eigenvalue weighted by Crippen LogP contribution is -2.17. The van der Waals surface area contributed by atoms with Crippen molar-refractivity contribution in [1.82, 2.24) is 5.32 Å². The van der Waals surface area contributed by atoms with Crippen molar-refractivity contribution in [3.8, 4) is 0 Å². The molecule has 0 amide bonds. The maximum Gasteiger partial charge on any atom is 0.0244 e. The van der Waals surface area contributed by atoms with E-state index in [1.807, 2.05) is 0 Å². The summed E-state index contributed by atoms with van der Waals surface area (Å²) < 4.78 is 10.9. The minimum Gasteiger partial charge on any atom is -0.313 e. The minimum absolute atomic E-state index is 0.219. The topological polar surface area (TPSA) is 29.1 Å². The number of rotatable bonds is 6. The smallest absolute Gasteiger partial charge is 0.0244 e. The van der Waals surface area contributed by atoms with E-state index in [0.717, 1.165) is 25.3 Å². The monoisotopic (exact) mass is 267 g/mol. The van der Waals surface area contributed by atoms with Gasteiger partial charge in [-0.2, -0.15) is 0 Å². The molecular formula is C15H25NOS. The summed E-state index contributed by atoms with van der Waals surface area (Å²) in [7, 11) is -0.667. The first-order valence-electron chi connectivity index (χ1n) is 6.50. The van der Waals surface area contributed by atoms with Gasteiger partial charge in [-0.1, -0.05) is 45.0 Å². The van der Waals surface area contributed by atoms with Crippen LogP contribution in [0.4, 0.5) is 0 Å². The molecule has 0 aliphatic heterocycles. The Morgan fingerprint density at radius 2 is 1.78 bits per heavy atom. The second-order valence-electron chi connectivity index (χ2n) is 5.75. The molecule has 0 heterocycles. The highest BCUT2D eigenvalue weighted by molar-refractivity contribution is 7.84. The fourth-order valence-electron chi connectivity index (χ4n) is 1.76. The third kappa shape index (κ3) is 5.78. The third-order valence-electron chi connectivity index (χ3n) is 2.93. The van der Waals surface area contributed by atoms with Gasteiger partial charge in [0.1, 0.15) is 0 Å². The second kappa shape index (κ2) is 7.05. The summed E-state index contributed by atoms with van der Waals surface area (Å²) in [4.78, 5) is 0. The molecule has 0 bridgehead atoms. The molecule has 0 fully saturated rings. The van der Waals surface area contributed by atoms with Crippen molar-refractivity contribution in [3.63, 3.8) is 0 Å². The minimum atomic E-state index is -0.667. The fourth-order valence-corrected chi connectivity index (χ4v) is 2.31. The molecule has 2 nitrogen and oxygen atoms in total. The van der Waals surface area contributed by atoms with Crippen LogP contribution in [0, 0.1) is 0 Å². The van der Waals surface area contributed by atoms with Gasteiger partial charge in [0.25, 0.3) is 0 Å².